The Labute approximate surface area is 131 Å². The summed E-state index contributed by atoms with van der Waals surface area (Å²) >= 11 is 3.12. The highest BCUT2D eigenvalue weighted by atomic mass is 32.2. The van der Waals surface area contributed by atoms with E-state index in [2.05, 4.69) is 9.97 Å². The van der Waals surface area contributed by atoms with Crippen LogP contribution in [-0.4, -0.2) is 21.0 Å². The Balaban J connectivity index is 1.91. The average molecular weight is 316 g/mol. The Morgan fingerprint density at radius 2 is 2.10 bits per heavy atom. The van der Waals surface area contributed by atoms with E-state index in [-0.39, 0.29) is 11.0 Å². The SMILES string of the molecule is Cc1csc(S[C@H](C)C(=O)c2c(C)[nH]c3ccccc23)n1. The smallest absolute Gasteiger partial charge is 0.178 e. The van der Waals surface area contributed by atoms with Gasteiger partial charge in [0.1, 0.15) is 0 Å². The number of carbonyl (C=O) groups is 1. The van der Waals surface area contributed by atoms with Crippen molar-refractivity contribution in [1.82, 2.24) is 9.97 Å². The molecule has 1 aromatic carbocycles. The van der Waals surface area contributed by atoms with E-state index in [0.717, 1.165) is 32.2 Å². The lowest BCUT2D eigenvalue weighted by atomic mass is 10.1. The summed E-state index contributed by atoms with van der Waals surface area (Å²) in [7, 11) is 0. The molecule has 1 N–H and O–H groups in total. The molecule has 0 radical (unpaired) electrons. The van der Waals surface area contributed by atoms with E-state index < -0.39 is 0 Å². The predicted molar refractivity (Wildman–Crippen MR) is 89.5 cm³/mol. The van der Waals surface area contributed by atoms with Gasteiger partial charge in [-0.2, -0.15) is 0 Å². The van der Waals surface area contributed by atoms with Crippen molar-refractivity contribution < 1.29 is 4.79 Å². The van der Waals surface area contributed by atoms with Crippen LogP contribution in [0.2, 0.25) is 0 Å². The van der Waals surface area contributed by atoms with Gasteiger partial charge in [-0.25, -0.2) is 4.98 Å². The maximum absolute atomic E-state index is 12.8. The number of hydrogen-bond acceptors (Lipinski definition) is 4. The molecule has 2 aromatic heterocycles. The molecule has 0 amide bonds. The zero-order valence-electron chi connectivity index (χ0n) is 12.1. The fourth-order valence-corrected chi connectivity index (χ4v) is 4.43. The lowest BCUT2D eigenvalue weighted by Crippen LogP contribution is -2.14. The first-order valence-electron chi connectivity index (χ1n) is 6.76. The summed E-state index contributed by atoms with van der Waals surface area (Å²) in [6.07, 6.45) is 0. The fraction of sp³-hybridized carbons (Fsp3) is 0.250. The molecule has 0 fully saturated rings. The van der Waals surface area contributed by atoms with E-state index in [1.165, 1.54) is 11.8 Å². The number of aromatic amines is 1. The Hall–Kier alpha value is -1.59. The van der Waals surface area contributed by atoms with Crippen LogP contribution >= 0.6 is 23.1 Å². The highest BCUT2D eigenvalue weighted by molar-refractivity contribution is 8.02. The van der Waals surface area contributed by atoms with Crippen molar-refractivity contribution in [1.29, 1.82) is 0 Å². The van der Waals surface area contributed by atoms with Crippen molar-refractivity contribution >= 4 is 39.8 Å². The standard InChI is InChI=1S/C16H16N2OS2/c1-9-8-20-16(17-9)21-11(3)15(19)14-10(2)18-13-7-5-4-6-12(13)14/h4-8,11,18H,1-3H3/t11-/m1/s1. The molecule has 1 atom stereocenters. The molecule has 5 heteroatoms. The van der Waals surface area contributed by atoms with Crippen LogP contribution in [0, 0.1) is 13.8 Å². The van der Waals surface area contributed by atoms with E-state index in [9.17, 15) is 4.79 Å². The van der Waals surface area contributed by atoms with E-state index >= 15 is 0 Å². The summed E-state index contributed by atoms with van der Waals surface area (Å²) in [5.74, 6) is 0.155. The number of thiazole rings is 1. The molecule has 2 heterocycles. The second-order valence-electron chi connectivity index (χ2n) is 5.05. The third-order valence-electron chi connectivity index (χ3n) is 3.38. The molecule has 0 unspecified atom stereocenters. The molecular formula is C16H16N2OS2. The number of hydrogen-bond donors (Lipinski definition) is 1. The van der Waals surface area contributed by atoms with Gasteiger partial charge in [0.15, 0.2) is 10.1 Å². The summed E-state index contributed by atoms with van der Waals surface area (Å²) in [6, 6.07) is 7.94. The molecule has 0 aliphatic carbocycles. The molecule has 0 saturated heterocycles. The number of aryl methyl sites for hydroxylation is 2. The van der Waals surface area contributed by atoms with Crippen LogP contribution in [0.1, 0.15) is 28.7 Å². The molecule has 3 nitrogen and oxygen atoms in total. The van der Waals surface area contributed by atoms with Crippen molar-refractivity contribution in [3.05, 3.63) is 46.6 Å². The average Bonchev–Trinajstić information content (AvgIpc) is 3.00. The predicted octanol–water partition coefficient (Wildman–Crippen LogP) is 4.60. The molecule has 3 rings (SSSR count). The van der Waals surface area contributed by atoms with E-state index in [0.29, 0.717) is 0 Å². The fourth-order valence-electron chi connectivity index (χ4n) is 2.39. The molecule has 0 saturated carbocycles. The molecule has 0 aliphatic rings. The lowest BCUT2D eigenvalue weighted by molar-refractivity contribution is 0.0995. The third-order valence-corrected chi connectivity index (χ3v) is 5.57. The zero-order valence-corrected chi connectivity index (χ0v) is 13.8. The van der Waals surface area contributed by atoms with Crippen LogP contribution in [0.25, 0.3) is 10.9 Å². The van der Waals surface area contributed by atoms with Gasteiger partial charge in [-0.1, -0.05) is 30.0 Å². The number of H-pyrrole nitrogens is 1. The van der Waals surface area contributed by atoms with Crippen molar-refractivity contribution in [2.24, 2.45) is 0 Å². The van der Waals surface area contributed by atoms with Gasteiger partial charge in [0, 0.05) is 33.2 Å². The van der Waals surface area contributed by atoms with E-state index in [4.69, 9.17) is 0 Å². The molecule has 0 aliphatic heterocycles. The van der Waals surface area contributed by atoms with Crippen LogP contribution in [0.4, 0.5) is 0 Å². The maximum Gasteiger partial charge on any atom is 0.178 e. The highest BCUT2D eigenvalue weighted by Gasteiger charge is 2.23. The van der Waals surface area contributed by atoms with Gasteiger partial charge in [-0.15, -0.1) is 11.3 Å². The number of thioether (sulfide) groups is 1. The number of para-hydroxylation sites is 1. The first kappa shape index (κ1) is 14.4. The van der Waals surface area contributed by atoms with Crippen LogP contribution in [0.3, 0.4) is 0 Å². The van der Waals surface area contributed by atoms with E-state index in [1.807, 2.05) is 50.4 Å². The van der Waals surface area contributed by atoms with Gasteiger partial charge >= 0.3 is 0 Å². The van der Waals surface area contributed by atoms with Gasteiger partial charge in [0.25, 0.3) is 0 Å². The number of nitrogens with zero attached hydrogens (tertiary/aromatic N) is 1. The van der Waals surface area contributed by atoms with E-state index in [1.54, 1.807) is 11.3 Å². The number of benzene rings is 1. The Morgan fingerprint density at radius 1 is 1.33 bits per heavy atom. The second-order valence-corrected chi connectivity index (χ2v) is 7.50. The number of rotatable bonds is 4. The molecule has 108 valence electrons. The first-order chi connectivity index (χ1) is 10.1. The number of fused-ring (bicyclic) bond motifs is 1. The normalized spacial score (nSPS) is 12.7. The highest BCUT2D eigenvalue weighted by Crippen LogP contribution is 2.31. The monoisotopic (exact) mass is 316 g/mol. The van der Waals surface area contributed by atoms with Gasteiger partial charge in [-0.3, -0.25) is 4.79 Å². The molecule has 21 heavy (non-hydrogen) atoms. The van der Waals surface area contributed by atoms with Crippen LogP contribution in [0.15, 0.2) is 34.0 Å². The number of ketones is 1. The van der Waals surface area contributed by atoms with Crippen molar-refractivity contribution in [2.75, 3.05) is 0 Å². The maximum atomic E-state index is 12.8. The summed E-state index contributed by atoms with van der Waals surface area (Å²) < 4.78 is 0.950. The molecule has 3 aromatic rings. The Kier molecular flexibility index (Phi) is 3.87. The Morgan fingerprint density at radius 3 is 2.81 bits per heavy atom. The topological polar surface area (TPSA) is 45.8 Å². The minimum absolute atomic E-state index is 0.145. The zero-order chi connectivity index (χ0) is 15.0. The van der Waals surface area contributed by atoms with Crippen LogP contribution < -0.4 is 0 Å². The third kappa shape index (κ3) is 2.76. The van der Waals surface area contributed by atoms with Gasteiger partial charge in [0.05, 0.1) is 5.25 Å². The quantitative estimate of drug-likeness (QED) is 0.565. The summed E-state index contributed by atoms with van der Waals surface area (Å²) in [5.41, 5.74) is 3.76. The van der Waals surface area contributed by atoms with Crippen molar-refractivity contribution in [2.45, 2.75) is 30.4 Å². The minimum Gasteiger partial charge on any atom is -0.358 e. The second kappa shape index (κ2) is 5.66. The summed E-state index contributed by atoms with van der Waals surface area (Å²) in [4.78, 5) is 20.5. The summed E-state index contributed by atoms with van der Waals surface area (Å²) in [6.45, 7) is 5.87. The van der Waals surface area contributed by atoms with Gasteiger partial charge in [0.2, 0.25) is 0 Å². The first-order valence-corrected chi connectivity index (χ1v) is 8.52. The number of aromatic nitrogens is 2. The largest absolute Gasteiger partial charge is 0.358 e. The van der Waals surface area contributed by atoms with Gasteiger partial charge < -0.3 is 4.98 Å². The van der Waals surface area contributed by atoms with Crippen LogP contribution in [0.5, 0.6) is 0 Å². The number of Topliss-reactive ketones (excluding diaryl/α,β-unsaturated/α-hetero) is 1. The Bertz CT molecular complexity index is 804. The van der Waals surface area contributed by atoms with Crippen molar-refractivity contribution in [3.8, 4) is 0 Å². The van der Waals surface area contributed by atoms with Gasteiger partial charge in [-0.05, 0) is 26.8 Å². The van der Waals surface area contributed by atoms with Crippen molar-refractivity contribution in [3.63, 3.8) is 0 Å². The summed E-state index contributed by atoms with van der Waals surface area (Å²) in [5, 5.41) is 2.87. The molecule has 0 spiro atoms. The molecular weight excluding hydrogens is 300 g/mol. The number of carbonyl (C=O) groups excluding carboxylic acids is 1. The molecule has 0 bridgehead atoms. The minimum atomic E-state index is -0.145. The lowest BCUT2D eigenvalue weighted by Gasteiger charge is -2.08. The van der Waals surface area contributed by atoms with Crippen LogP contribution in [-0.2, 0) is 0 Å². The number of nitrogens with one attached hydrogen (secondary N) is 1.